The number of nitrogens with zero attached hydrogens (tertiary/aromatic N) is 7. The van der Waals surface area contributed by atoms with Crippen molar-refractivity contribution in [1.82, 2.24) is 29.4 Å². The molecular formula is C14H14F3N7. The van der Waals surface area contributed by atoms with Crippen LogP contribution in [-0.4, -0.2) is 42.5 Å². The smallest absolute Gasteiger partial charge is 0.356 e. The average molecular weight is 337 g/mol. The molecule has 1 aliphatic rings. The Hall–Kier alpha value is -2.65. The molecular weight excluding hydrogens is 323 g/mol. The first kappa shape index (κ1) is 14.9. The second-order valence-corrected chi connectivity index (χ2v) is 5.67. The molecule has 10 heteroatoms. The van der Waals surface area contributed by atoms with Crippen molar-refractivity contribution in [2.75, 3.05) is 18.0 Å². The summed E-state index contributed by atoms with van der Waals surface area (Å²) in [5.74, 6) is 0.317. The largest absolute Gasteiger partial charge is 0.433 e. The van der Waals surface area contributed by atoms with Gasteiger partial charge in [0.25, 0.3) is 5.78 Å². The Morgan fingerprint density at radius 2 is 1.92 bits per heavy atom. The molecule has 3 aromatic rings. The number of hydrogen-bond donors (Lipinski definition) is 0. The molecule has 0 bridgehead atoms. The first-order chi connectivity index (χ1) is 11.5. The van der Waals surface area contributed by atoms with E-state index in [2.05, 4.69) is 20.2 Å². The van der Waals surface area contributed by atoms with Crippen molar-refractivity contribution in [1.29, 1.82) is 0 Å². The van der Waals surface area contributed by atoms with Crippen LogP contribution in [0.5, 0.6) is 0 Å². The van der Waals surface area contributed by atoms with Gasteiger partial charge in [0.1, 0.15) is 12.1 Å². The van der Waals surface area contributed by atoms with Crippen molar-refractivity contribution in [3.8, 4) is 0 Å². The van der Waals surface area contributed by atoms with E-state index in [4.69, 9.17) is 0 Å². The molecule has 0 atom stereocenters. The standard InChI is InChI=1S/C14H14F3N7/c15-14(16,17)11-8-12(24-13(21-11)18-9-20-24)22-6-2-10(3-7-22)23-5-1-4-19-23/h1,4-5,8-10H,2-3,6-7H2. The highest BCUT2D eigenvalue weighted by Gasteiger charge is 2.35. The van der Waals surface area contributed by atoms with E-state index < -0.39 is 11.9 Å². The first-order valence-corrected chi connectivity index (χ1v) is 7.54. The summed E-state index contributed by atoms with van der Waals surface area (Å²) in [6.07, 6.45) is 1.91. The molecule has 1 fully saturated rings. The Balaban J connectivity index is 1.63. The quantitative estimate of drug-likeness (QED) is 0.717. The fourth-order valence-corrected chi connectivity index (χ4v) is 3.02. The number of alkyl halides is 3. The molecule has 4 rings (SSSR count). The Morgan fingerprint density at radius 1 is 1.12 bits per heavy atom. The van der Waals surface area contributed by atoms with E-state index in [0.717, 1.165) is 18.9 Å². The summed E-state index contributed by atoms with van der Waals surface area (Å²) in [6, 6.07) is 3.16. The predicted molar refractivity (Wildman–Crippen MR) is 78.5 cm³/mol. The molecule has 0 spiro atoms. The van der Waals surface area contributed by atoms with Gasteiger partial charge in [-0.2, -0.15) is 32.9 Å². The first-order valence-electron chi connectivity index (χ1n) is 7.54. The molecule has 0 aromatic carbocycles. The molecule has 0 N–H and O–H groups in total. The highest BCUT2D eigenvalue weighted by molar-refractivity contribution is 5.48. The number of piperidine rings is 1. The maximum Gasteiger partial charge on any atom is 0.433 e. The average Bonchev–Trinajstić information content (AvgIpc) is 3.24. The highest BCUT2D eigenvalue weighted by atomic mass is 19.4. The molecule has 126 valence electrons. The monoisotopic (exact) mass is 337 g/mol. The fourth-order valence-electron chi connectivity index (χ4n) is 3.02. The molecule has 0 unspecified atom stereocenters. The Labute approximate surface area is 134 Å². The molecule has 4 heterocycles. The summed E-state index contributed by atoms with van der Waals surface area (Å²) in [6.45, 7) is 1.22. The normalized spacial score (nSPS) is 16.9. The van der Waals surface area contributed by atoms with Crippen LogP contribution in [0.3, 0.4) is 0 Å². The molecule has 3 aromatic heterocycles. The number of hydrogen-bond acceptors (Lipinski definition) is 5. The van der Waals surface area contributed by atoms with Crippen LogP contribution in [0.4, 0.5) is 19.0 Å². The minimum Gasteiger partial charge on any atom is -0.356 e. The third-order valence-corrected chi connectivity index (χ3v) is 4.21. The summed E-state index contributed by atoms with van der Waals surface area (Å²) >= 11 is 0. The van der Waals surface area contributed by atoms with Gasteiger partial charge in [-0.3, -0.25) is 4.68 Å². The Morgan fingerprint density at radius 3 is 2.58 bits per heavy atom. The van der Waals surface area contributed by atoms with Crippen molar-refractivity contribution in [2.45, 2.75) is 25.1 Å². The molecule has 0 aliphatic carbocycles. The topological polar surface area (TPSA) is 64.1 Å². The summed E-state index contributed by atoms with van der Waals surface area (Å²) in [7, 11) is 0. The van der Waals surface area contributed by atoms with Crippen LogP contribution >= 0.6 is 0 Å². The van der Waals surface area contributed by atoms with Crippen molar-refractivity contribution >= 4 is 11.6 Å². The highest BCUT2D eigenvalue weighted by Crippen LogP contribution is 2.32. The second kappa shape index (κ2) is 5.46. The van der Waals surface area contributed by atoms with Gasteiger partial charge in [0, 0.05) is 31.5 Å². The fraction of sp³-hybridized carbons (Fsp3) is 0.429. The van der Waals surface area contributed by atoms with Crippen molar-refractivity contribution in [2.24, 2.45) is 0 Å². The SMILES string of the molecule is FC(F)(F)c1cc(N2CCC(n3cccn3)CC2)n2ncnc2n1. The van der Waals surface area contributed by atoms with Crippen molar-refractivity contribution < 1.29 is 13.2 Å². The lowest BCUT2D eigenvalue weighted by Gasteiger charge is -2.33. The molecule has 0 saturated carbocycles. The van der Waals surface area contributed by atoms with Gasteiger partial charge in [-0.15, -0.1) is 0 Å². The van der Waals surface area contributed by atoms with Gasteiger partial charge in [0.05, 0.1) is 6.04 Å². The van der Waals surface area contributed by atoms with Crippen LogP contribution in [0.1, 0.15) is 24.6 Å². The third kappa shape index (κ3) is 2.57. The van der Waals surface area contributed by atoms with E-state index in [1.807, 2.05) is 21.8 Å². The van der Waals surface area contributed by atoms with Gasteiger partial charge in [0.15, 0.2) is 5.69 Å². The third-order valence-electron chi connectivity index (χ3n) is 4.21. The molecule has 1 saturated heterocycles. The molecule has 0 amide bonds. The molecule has 7 nitrogen and oxygen atoms in total. The van der Waals surface area contributed by atoms with Gasteiger partial charge in [0.2, 0.25) is 0 Å². The zero-order valence-electron chi connectivity index (χ0n) is 12.6. The number of anilines is 1. The number of aromatic nitrogens is 6. The summed E-state index contributed by atoms with van der Waals surface area (Å²) < 4.78 is 42.5. The molecule has 0 radical (unpaired) electrons. The van der Waals surface area contributed by atoms with E-state index in [-0.39, 0.29) is 11.8 Å². The van der Waals surface area contributed by atoms with Gasteiger partial charge >= 0.3 is 6.18 Å². The zero-order valence-corrected chi connectivity index (χ0v) is 12.6. The molecule has 1 aliphatic heterocycles. The van der Waals surface area contributed by atoms with Crippen LogP contribution < -0.4 is 4.90 Å². The van der Waals surface area contributed by atoms with Crippen LogP contribution in [0.2, 0.25) is 0 Å². The Kier molecular flexibility index (Phi) is 3.39. The van der Waals surface area contributed by atoms with E-state index in [1.54, 1.807) is 6.20 Å². The van der Waals surface area contributed by atoms with Crippen LogP contribution in [-0.2, 0) is 6.18 Å². The zero-order chi connectivity index (χ0) is 16.7. The number of rotatable bonds is 2. The van der Waals surface area contributed by atoms with Gasteiger partial charge in [-0.25, -0.2) is 4.98 Å². The Bertz CT molecular complexity index is 832. The maximum atomic E-state index is 13.1. The summed E-state index contributed by atoms with van der Waals surface area (Å²) in [5.41, 5.74) is -0.952. The summed E-state index contributed by atoms with van der Waals surface area (Å²) in [5, 5.41) is 8.24. The minimum absolute atomic E-state index is 0.0472. The van der Waals surface area contributed by atoms with Gasteiger partial charge in [-0.05, 0) is 18.9 Å². The lowest BCUT2D eigenvalue weighted by molar-refractivity contribution is -0.141. The van der Waals surface area contributed by atoms with E-state index >= 15 is 0 Å². The van der Waals surface area contributed by atoms with Crippen LogP contribution in [0.25, 0.3) is 5.78 Å². The number of halogens is 3. The van der Waals surface area contributed by atoms with Crippen molar-refractivity contribution in [3.63, 3.8) is 0 Å². The van der Waals surface area contributed by atoms with Crippen LogP contribution in [0.15, 0.2) is 30.9 Å². The van der Waals surface area contributed by atoms with Gasteiger partial charge < -0.3 is 4.90 Å². The van der Waals surface area contributed by atoms with Gasteiger partial charge in [-0.1, -0.05) is 0 Å². The van der Waals surface area contributed by atoms with E-state index in [1.165, 1.54) is 10.8 Å². The lowest BCUT2D eigenvalue weighted by Crippen LogP contribution is -2.36. The maximum absolute atomic E-state index is 13.1. The second-order valence-electron chi connectivity index (χ2n) is 5.67. The predicted octanol–water partition coefficient (Wildman–Crippen LogP) is 2.18. The lowest BCUT2D eigenvalue weighted by atomic mass is 10.1. The van der Waals surface area contributed by atoms with E-state index in [0.29, 0.717) is 18.9 Å². The molecule has 24 heavy (non-hydrogen) atoms. The van der Waals surface area contributed by atoms with Crippen molar-refractivity contribution in [3.05, 3.63) is 36.5 Å². The van der Waals surface area contributed by atoms with Crippen LogP contribution in [0, 0.1) is 0 Å². The van der Waals surface area contributed by atoms with E-state index in [9.17, 15) is 13.2 Å². The minimum atomic E-state index is -4.52. The summed E-state index contributed by atoms with van der Waals surface area (Å²) in [4.78, 5) is 9.23. The number of fused-ring (bicyclic) bond motifs is 1.